The molecule has 0 aliphatic rings. The van der Waals surface area contributed by atoms with Crippen molar-refractivity contribution in [3.8, 4) is 5.75 Å². The maximum atomic E-state index is 13.3. The van der Waals surface area contributed by atoms with Gasteiger partial charge in [-0.1, -0.05) is 38.1 Å². The predicted molar refractivity (Wildman–Crippen MR) is 84.0 cm³/mol. The van der Waals surface area contributed by atoms with Crippen molar-refractivity contribution >= 4 is 0 Å². The predicted octanol–water partition coefficient (Wildman–Crippen LogP) is 4.25. The maximum absolute atomic E-state index is 13.3. The molecular formula is C18H22FNO. The third-order valence-electron chi connectivity index (χ3n) is 3.43. The lowest BCUT2D eigenvalue weighted by molar-refractivity contribution is 0.302. The minimum Gasteiger partial charge on any atom is -0.489 e. The van der Waals surface area contributed by atoms with Crippen LogP contribution in [0.3, 0.4) is 0 Å². The summed E-state index contributed by atoms with van der Waals surface area (Å²) in [4.78, 5) is 0. The van der Waals surface area contributed by atoms with Crippen LogP contribution in [0.15, 0.2) is 42.5 Å². The van der Waals surface area contributed by atoms with E-state index in [0.29, 0.717) is 19.1 Å². The van der Waals surface area contributed by atoms with Crippen LogP contribution < -0.4 is 10.1 Å². The summed E-state index contributed by atoms with van der Waals surface area (Å²) in [6, 6.07) is 13.0. The Kier molecular flexibility index (Phi) is 5.34. The van der Waals surface area contributed by atoms with Crippen LogP contribution in [0.1, 0.15) is 36.5 Å². The van der Waals surface area contributed by atoms with E-state index in [4.69, 9.17) is 4.74 Å². The van der Waals surface area contributed by atoms with Crippen LogP contribution in [0, 0.1) is 5.82 Å². The van der Waals surface area contributed by atoms with Gasteiger partial charge in [0, 0.05) is 12.1 Å². The number of hydrogen-bond donors (Lipinski definition) is 1. The van der Waals surface area contributed by atoms with Gasteiger partial charge in [-0.15, -0.1) is 0 Å². The second-order valence-corrected chi connectivity index (χ2v) is 5.47. The van der Waals surface area contributed by atoms with Crippen LogP contribution >= 0.6 is 0 Å². The van der Waals surface area contributed by atoms with Gasteiger partial charge in [-0.3, -0.25) is 0 Å². The lowest BCUT2D eigenvalue weighted by Gasteiger charge is -2.12. The summed E-state index contributed by atoms with van der Waals surface area (Å²) in [6.07, 6.45) is 0. The first-order valence-electron chi connectivity index (χ1n) is 7.25. The maximum Gasteiger partial charge on any atom is 0.124 e. The van der Waals surface area contributed by atoms with E-state index in [-0.39, 0.29) is 5.82 Å². The van der Waals surface area contributed by atoms with Crippen molar-refractivity contribution in [1.82, 2.24) is 5.32 Å². The highest BCUT2D eigenvalue weighted by Crippen LogP contribution is 2.21. The molecule has 0 saturated heterocycles. The lowest BCUT2D eigenvalue weighted by atomic mass is 10.0. The molecule has 0 aromatic heterocycles. The minimum absolute atomic E-state index is 0.242. The first kappa shape index (κ1) is 15.5. The van der Waals surface area contributed by atoms with Gasteiger partial charge in [0.25, 0.3) is 0 Å². The van der Waals surface area contributed by atoms with E-state index in [1.54, 1.807) is 6.07 Å². The number of rotatable bonds is 6. The minimum atomic E-state index is -0.242. The zero-order valence-corrected chi connectivity index (χ0v) is 12.8. The first-order chi connectivity index (χ1) is 10.1. The van der Waals surface area contributed by atoms with Crippen molar-refractivity contribution < 1.29 is 9.13 Å². The van der Waals surface area contributed by atoms with Crippen molar-refractivity contribution in [3.63, 3.8) is 0 Å². The fraction of sp³-hybridized carbons (Fsp3) is 0.333. The summed E-state index contributed by atoms with van der Waals surface area (Å²) < 4.78 is 19.1. The van der Waals surface area contributed by atoms with Crippen molar-refractivity contribution in [2.45, 2.75) is 32.9 Å². The Labute approximate surface area is 126 Å². The molecule has 0 fully saturated rings. The Morgan fingerprint density at radius 1 is 1.10 bits per heavy atom. The monoisotopic (exact) mass is 287 g/mol. The van der Waals surface area contributed by atoms with Gasteiger partial charge in [-0.05, 0) is 42.3 Å². The molecule has 2 nitrogen and oxygen atoms in total. The first-order valence-corrected chi connectivity index (χ1v) is 7.25. The molecule has 21 heavy (non-hydrogen) atoms. The summed E-state index contributed by atoms with van der Waals surface area (Å²) in [5, 5.41) is 3.02. The van der Waals surface area contributed by atoms with Gasteiger partial charge in [-0.25, -0.2) is 4.39 Å². The number of nitrogens with one attached hydrogen (secondary N) is 1. The van der Waals surface area contributed by atoms with E-state index in [9.17, 15) is 4.39 Å². The van der Waals surface area contributed by atoms with Crippen molar-refractivity contribution in [3.05, 3.63) is 65.0 Å². The average Bonchev–Trinajstić information content (AvgIpc) is 2.47. The molecule has 0 heterocycles. The fourth-order valence-corrected chi connectivity index (χ4v) is 2.18. The lowest BCUT2D eigenvalue weighted by Crippen LogP contribution is -2.08. The number of hydrogen-bond acceptors (Lipinski definition) is 2. The normalized spacial score (nSPS) is 10.9. The summed E-state index contributed by atoms with van der Waals surface area (Å²) in [6.45, 7) is 5.42. The molecule has 0 saturated carbocycles. The van der Waals surface area contributed by atoms with Crippen LogP contribution in [0.25, 0.3) is 0 Å². The SMILES string of the molecule is CNCc1cc(F)ccc1OCc1ccc(C(C)C)cc1. The summed E-state index contributed by atoms with van der Waals surface area (Å²) in [7, 11) is 1.83. The zero-order chi connectivity index (χ0) is 15.2. The second kappa shape index (κ2) is 7.23. The number of benzene rings is 2. The highest BCUT2D eigenvalue weighted by Gasteiger charge is 2.06. The van der Waals surface area contributed by atoms with Gasteiger partial charge < -0.3 is 10.1 Å². The standard InChI is InChI=1S/C18H22FNO/c1-13(2)15-6-4-14(5-7-15)12-21-18-9-8-17(19)10-16(18)11-20-3/h4-10,13,20H,11-12H2,1-3H3. The fourth-order valence-electron chi connectivity index (χ4n) is 2.18. The molecule has 2 rings (SSSR count). The summed E-state index contributed by atoms with van der Waals surface area (Å²) in [5.74, 6) is 1.01. The van der Waals surface area contributed by atoms with Gasteiger partial charge in [0.2, 0.25) is 0 Å². The van der Waals surface area contributed by atoms with Crippen molar-refractivity contribution in [2.75, 3.05) is 7.05 Å². The molecule has 1 N–H and O–H groups in total. The van der Waals surface area contributed by atoms with Crippen LogP contribution in [-0.4, -0.2) is 7.05 Å². The number of halogens is 1. The Balaban J connectivity index is 2.05. The molecule has 0 aliphatic heterocycles. The molecule has 0 radical (unpaired) electrons. The quantitative estimate of drug-likeness (QED) is 0.857. The Hall–Kier alpha value is -1.87. The number of ether oxygens (including phenoxy) is 1. The second-order valence-electron chi connectivity index (χ2n) is 5.47. The highest BCUT2D eigenvalue weighted by molar-refractivity contribution is 5.34. The topological polar surface area (TPSA) is 21.3 Å². The largest absolute Gasteiger partial charge is 0.489 e. The molecular weight excluding hydrogens is 265 g/mol. The van der Waals surface area contributed by atoms with Crippen LogP contribution in [0.5, 0.6) is 5.75 Å². The van der Waals surface area contributed by atoms with E-state index in [0.717, 1.165) is 16.9 Å². The average molecular weight is 287 g/mol. The Morgan fingerprint density at radius 3 is 2.43 bits per heavy atom. The smallest absolute Gasteiger partial charge is 0.124 e. The van der Waals surface area contributed by atoms with Crippen molar-refractivity contribution in [2.24, 2.45) is 0 Å². The molecule has 0 bridgehead atoms. The van der Waals surface area contributed by atoms with Crippen LogP contribution in [0.4, 0.5) is 4.39 Å². The van der Waals surface area contributed by atoms with Gasteiger partial charge in [0.15, 0.2) is 0 Å². The van der Waals surface area contributed by atoms with Gasteiger partial charge >= 0.3 is 0 Å². The van der Waals surface area contributed by atoms with E-state index in [1.165, 1.54) is 17.7 Å². The highest BCUT2D eigenvalue weighted by atomic mass is 19.1. The van der Waals surface area contributed by atoms with Crippen molar-refractivity contribution in [1.29, 1.82) is 0 Å². The molecule has 3 heteroatoms. The Morgan fingerprint density at radius 2 is 1.81 bits per heavy atom. The van der Waals surface area contributed by atoms with Crippen LogP contribution in [-0.2, 0) is 13.2 Å². The van der Waals surface area contributed by atoms with Gasteiger partial charge in [-0.2, -0.15) is 0 Å². The van der Waals surface area contributed by atoms with Crippen LogP contribution in [0.2, 0.25) is 0 Å². The van der Waals surface area contributed by atoms with E-state index < -0.39 is 0 Å². The molecule has 0 unspecified atom stereocenters. The zero-order valence-electron chi connectivity index (χ0n) is 12.8. The van der Waals surface area contributed by atoms with E-state index >= 15 is 0 Å². The van der Waals surface area contributed by atoms with Gasteiger partial charge in [0.05, 0.1) is 0 Å². The summed E-state index contributed by atoms with van der Waals surface area (Å²) >= 11 is 0. The molecule has 0 aliphatic carbocycles. The molecule has 112 valence electrons. The third-order valence-corrected chi connectivity index (χ3v) is 3.43. The molecule has 0 spiro atoms. The third kappa shape index (κ3) is 4.30. The molecule has 0 atom stereocenters. The molecule has 0 amide bonds. The summed E-state index contributed by atoms with van der Waals surface area (Å²) in [5.41, 5.74) is 3.26. The molecule has 2 aromatic rings. The van der Waals surface area contributed by atoms with E-state index in [2.05, 4.69) is 43.4 Å². The van der Waals surface area contributed by atoms with Gasteiger partial charge in [0.1, 0.15) is 18.2 Å². The molecule has 2 aromatic carbocycles. The Bertz CT molecular complexity index is 578. The van der Waals surface area contributed by atoms with E-state index in [1.807, 2.05) is 7.05 Å².